The standard InChI is InChI=1S/C14H20F2N2/c15-14(16)11-17-10-12-4-6-13(7-5-12)18-8-2-1-3-9-18/h4-7,14,17H,1-3,8-11H2. The van der Waals surface area contributed by atoms with Gasteiger partial charge in [-0.2, -0.15) is 0 Å². The van der Waals surface area contributed by atoms with E-state index in [-0.39, 0.29) is 6.54 Å². The number of nitrogens with zero attached hydrogens (tertiary/aromatic N) is 1. The molecule has 1 aromatic rings. The zero-order chi connectivity index (χ0) is 12.8. The highest BCUT2D eigenvalue weighted by molar-refractivity contribution is 5.47. The van der Waals surface area contributed by atoms with Crippen LogP contribution in [-0.4, -0.2) is 26.1 Å². The number of hydrogen-bond acceptors (Lipinski definition) is 2. The van der Waals surface area contributed by atoms with Gasteiger partial charge in [0.2, 0.25) is 0 Å². The number of alkyl halides is 2. The third-order valence-corrected chi connectivity index (χ3v) is 3.29. The van der Waals surface area contributed by atoms with Gasteiger partial charge in [0.25, 0.3) is 6.43 Å². The van der Waals surface area contributed by atoms with Gasteiger partial charge in [0.1, 0.15) is 0 Å². The fourth-order valence-corrected chi connectivity index (χ4v) is 2.30. The monoisotopic (exact) mass is 254 g/mol. The summed E-state index contributed by atoms with van der Waals surface area (Å²) in [4.78, 5) is 2.39. The molecule has 18 heavy (non-hydrogen) atoms. The molecule has 0 aliphatic carbocycles. The van der Waals surface area contributed by atoms with Crippen molar-refractivity contribution in [2.24, 2.45) is 0 Å². The molecule has 1 fully saturated rings. The highest BCUT2D eigenvalue weighted by atomic mass is 19.3. The SMILES string of the molecule is FC(F)CNCc1ccc(N2CCCCC2)cc1. The summed E-state index contributed by atoms with van der Waals surface area (Å²) in [6.07, 6.45) is 1.57. The summed E-state index contributed by atoms with van der Waals surface area (Å²) in [5, 5.41) is 2.74. The van der Waals surface area contributed by atoms with E-state index in [2.05, 4.69) is 22.3 Å². The summed E-state index contributed by atoms with van der Waals surface area (Å²) in [5.41, 5.74) is 2.30. The van der Waals surface area contributed by atoms with Gasteiger partial charge in [-0.25, -0.2) is 8.78 Å². The van der Waals surface area contributed by atoms with E-state index in [4.69, 9.17) is 0 Å². The average Bonchev–Trinajstić information content (AvgIpc) is 2.40. The minimum atomic E-state index is -2.28. The van der Waals surface area contributed by atoms with Gasteiger partial charge in [-0.3, -0.25) is 0 Å². The largest absolute Gasteiger partial charge is 0.372 e. The molecule has 0 bridgehead atoms. The van der Waals surface area contributed by atoms with E-state index in [0.717, 1.165) is 18.7 Å². The first kappa shape index (κ1) is 13.3. The predicted molar refractivity (Wildman–Crippen MR) is 70.2 cm³/mol. The smallest absolute Gasteiger partial charge is 0.250 e. The van der Waals surface area contributed by atoms with Gasteiger partial charge in [0.15, 0.2) is 0 Å². The van der Waals surface area contributed by atoms with Crippen molar-refractivity contribution in [3.05, 3.63) is 29.8 Å². The van der Waals surface area contributed by atoms with Crippen LogP contribution in [0.3, 0.4) is 0 Å². The second-order valence-electron chi connectivity index (χ2n) is 4.74. The van der Waals surface area contributed by atoms with E-state index >= 15 is 0 Å². The molecular formula is C14H20F2N2. The van der Waals surface area contributed by atoms with Crippen LogP contribution in [0.15, 0.2) is 24.3 Å². The van der Waals surface area contributed by atoms with Crippen molar-refractivity contribution < 1.29 is 8.78 Å². The van der Waals surface area contributed by atoms with E-state index < -0.39 is 6.43 Å². The molecule has 0 amide bonds. The Morgan fingerprint density at radius 1 is 1.06 bits per heavy atom. The van der Waals surface area contributed by atoms with Gasteiger partial charge in [-0.15, -0.1) is 0 Å². The van der Waals surface area contributed by atoms with Gasteiger partial charge >= 0.3 is 0 Å². The first-order valence-electron chi connectivity index (χ1n) is 6.58. The van der Waals surface area contributed by atoms with Crippen LogP contribution in [0, 0.1) is 0 Å². The molecule has 2 rings (SSSR count). The Kier molecular flexibility index (Phi) is 4.93. The van der Waals surface area contributed by atoms with Crippen molar-refractivity contribution in [2.45, 2.75) is 32.2 Å². The Hall–Kier alpha value is -1.16. The second kappa shape index (κ2) is 6.69. The molecule has 100 valence electrons. The lowest BCUT2D eigenvalue weighted by Crippen LogP contribution is -2.29. The maximum atomic E-state index is 12.0. The van der Waals surface area contributed by atoms with Crippen molar-refractivity contribution in [3.8, 4) is 0 Å². The number of rotatable bonds is 5. The topological polar surface area (TPSA) is 15.3 Å². The lowest BCUT2D eigenvalue weighted by Gasteiger charge is -2.28. The van der Waals surface area contributed by atoms with Gasteiger partial charge in [0, 0.05) is 25.3 Å². The number of anilines is 1. The van der Waals surface area contributed by atoms with E-state index in [1.807, 2.05) is 12.1 Å². The Labute approximate surface area is 107 Å². The van der Waals surface area contributed by atoms with Crippen LogP contribution in [0.25, 0.3) is 0 Å². The van der Waals surface area contributed by atoms with E-state index in [9.17, 15) is 8.78 Å². The minimum absolute atomic E-state index is 0.242. The molecule has 0 radical (unpaired) electrons. The van der Waals surface area contributed by atoms with Gasteiger partial charge in [-0.05, 0) is 37.0 Å². The summed E-state index contributed by atoms with van der Waals surface area (Å²) in [5.74, 6) is 0. The molecule has 4 heteroatoms. The fraction of sp³-hybridized carbons (Fsp3) is 0.571. The molecule has 2 nitrogen and oxygen atoms in total. The molecule has 0 saturated carbocycles. The quantitative estimate of drug-likeness (QED) is 0.869. The maximum absolute atomic E-state index is 12.0. The van der Waals surface area contributed by atoms with Crippen LogP contribution in [0.5, 0.6) is 0 Å². The van der Waals surface area contributed by atoms with E-state index in [1.165, 1.54) is 24.9 Å². The normalized spacial score (nSPS) is 16.3. The summed E-state index contributed by atoms with van der Waals surface area (Å²) >= 11 is 0. The summed E-state index contributed by atoms with van der Waals surface area (Å²) in [7, 11) is 0. The third-order valence-electron chi connectivity index (χ3n) is 3.29. The lowest BCUT2D eigenvalue weighted by molar-refractivity contribution is 0.145. The Bertz CT molecular complexity index is 345. The number of hydrogen-bond donors (Lipinski definition) is 1. The predicted octanol–water partition coefficient (Wildman–Crippen LogP) is 3.03. The van der Waals surface area contributed by atoms with E-state index in [1.54, 1.807) is 0 Å². The van der Waals surface area contributed by atoms with Crippen molar-refractivity contribution >= 4 is 5.69 Å². The average molecular weight is 254 g/mol. The van der Waals surface area contributed by atoms with Crippen molar-refractivity contribution in [1.29, 1.82) is 0 Å². The number of piperidine rings is 1. The molecule has 1 N–H and O–H groups in total. The third kappa shape index (κ3) is 3.95. The zero-order valence-electron chi connectivity index (χ0n) is 10.5. The molecular weight excluding hydrogens is 234 g/mol. The summed E-state index contributed by atoms with van der Waals surface area (Å²) in [6.45, 7) is 2.52. The fourth-order valence-electron chi connectivity index (χ4n) is 2.30. The highest BCUT2D eigenvalue weighted by Crippen LogP contribution is 2.20. The lowest BCUT2D eigenvalue weighted by atomic mass is 10.1. The number of nitrogens with one attached hydrogen (secondary N) is 1. The van der Waals surface area contributed by atoms with Gasteiger partial charge < -0.3 is 10.2 Å². The minimum Gasteiger partial charge on any atom is -0.372 e. The molecule has 0 atom stereocenters. The molecule has 0 unspecified atom stereocenters. The molecule has 0 aromatic heterocycles. The maximum Gasteiger partial charge on any atom is 0.250 e. The Morgan fingerprint density at radius 3 is 2.33 bits per heavy atom. The van der Waals surface area contributed by atoms with Crippen LogP contribution < -0.4 is 10.2 Å². The van der Waals surface area contributed by atoms with Crippen molar-refractivity contribution in [3.63, 3.8) is 0 Å². The molecule has 1 aromatic carbocycles. The molecule has 1 heterocycles. The number of benzene rings is 1. The molecule has 1 aliphatic rings. The van der Waals surface area contributed by atoms with Gasteiger partial charge in [0.05, 0.1) is 6.54 Å². The van der Waals surface area contributed by atoms with Crippen LogP contribution >= 0.6 is 0 Å². The highest BCUT2D eigenvalue weighted by Gasteiger charge is 2.10. The first-order valence-corrected chi connectivity index (χ1v) is 6.58. The molecule has 1 aliphatic heterocycles. The van der Waals surface area contributed by atoms with Crippen molar-refractivity contribution in [2.75, 3.05) is 24.5 Å². The zero-order valence-corrected chi connectivity index (χ0v) is 10.5. The summed E-state index contributed by atoms with van der Waals surface area (Å²) < 4.78 is 24.0. The molecule has 1 saturated heterocycles. The van der Waals surface area contributed by atoms with Crippen molar-refractivity contribution in [1.82, 2.24) is 5.32 Å². The van der Waals surface area contributed by atoms with E-state index in [0.29, 0.717) is 6.54 Å². The summed E-state index contributed by atoms with van der Waals surface area (Å²) in [6, 6.07) is 8.21. The van der Waals surface area contributed by atoms with Crippen LogP contribution in [0.4, 0.5) is 14.5 Å². The Morgan fingerprint density at radius 2 is 1.72 bits per heavy atom. The van der Waals surface area contributed by atoms with Crippen LogP contribution in [0.2, 0.25) is 0 Å². The first-order chi connectivity index (χ1) is 8.75. The number of halogens is 2. The second-order valence-corrected chi connectivity index (χ2v) is 4.74. The molecule has 0 spiro atoms. The van der Waals surface area contributed by atoms with Crippen LogP contribution in [-0.2, 0) is 6.54 Å². The van der Waals surface area contributed by atoms with Gasteiger partial charge in [-0.1, -0.05) is 12.1 Å². The Balaban J connectivity index is 1.84. The van der Waals surface area contributed by atoms with Crippen LogP contribution in [0.1, 0.15) is 24.8 Å².